The van der Waals surface area contributed by atoms with Crippen LogP contribution >= 0.6 is 11.3 Å². The van der Waals surface area contributed by atoms with Crippen LogP contribution in [0.25, 0.3) is 0 Å². The molecule has 5 heteroatoms. The second kappa shape index (κ2) is 5.05. The first-order valence-corrected chi connectivity index (χ1v) is 7.87. The molecular formula is C15H19N3OS. The van der Waals surface area contributed by atoms with Crippen LogP contribution in [0.3, 0.4) is 0 Å². The quantitative estimate of drug-likeness (QED) is 0.852. The van der Waals surface area contributed by atoms with Gasteiger partial charge >= 0.3 is 0 Å². The Morgan fingerprint density at radius 2 is 2.35 bits per heavy atom. The van der Waals surface area contributed by atoms with Crippen molar-refractivity contribution in [2.75, 3.05) is 6.54 Å². The molecule has 1 atom stereocenters. The first kappa shape index (κ1) is 13.4. The first-order valence-electron chi connectivity index (χ1n) is 6.99. The van der Waals surface area contributed by atoms with E-state index in [0.29, 0.717) is 0 Å². The Kier molecular flexibility index (Phi) is 3.38. The number of thiophene rings is 1. The van der Waals surface area contributed by atoms with Crippen LogP contribution in [0.2, 0.25) is 0 Å². The lowest BCUT2D eigenvalue weighted by atomic mass is 9.97. The van der Waals surface area contributed by atoms with Gasteiger partial charge in [0.25, 0.3) is 5.91 Å². The zero-order valence-corrected chi connectivity index (χ0v) is 12.9. The number of aryl methyl sites for hydroxylation is 1. The van der Waals surface area contributed by atoms with Crippen molar-refractivity contribution in [2.45, 2.75) is 32.7 Å². The maximum atomic E-state index is 12.8. The average molecular weight is 289 g/mol. The average Bonchev–Trinajstić information content (AvgIpc) is 3.05. The van der Waals surface area contributed by atoms with Gasteiger partial charge in [-0.3, -0.25) is 9.48 Å². The molecule has 3 heterocycles. The molecule has 0 saturated carbocycles. The van der Waals surface area contributed by atoms with E-state index in [-0.39, 0.29) is 11.9 Å². The lowest BCUT2D eigenvalue weighted by molar-refractivity contribution is 0.0656. The zero-order valence-electron chi connectivity index (χ0n) is 12.1. The third-order valence-corrected chi connectivity index (χ3v) is 5.20. The fourth-order valence-electron chi connectivity index (χ4n) is 2.94. The topological polar surface area (TPSA) is 38.1 Å². The third-order valence-electron chi connectivity index (χ3n) is 4.21. The van der Waals surface area contributed by atoms with Gasteiger partial charge in [-0.25, -0.2) is 0 Å². The molecule has 1 unspecified atom stereocenters. The van der Waals surface area contributed by atoms with Gasteiger partial charge in [0, 0.05) is 24.2 Å². The number of fused-ring (bicyclic) bond motifs is 1. The van der Waals surface area contributed by atoms with Crippen molar-refractivity contribution in [3.8, 4) is 0 Å². The molecule has 1 amide bonds. The molecule has 0 bridgehead atoms. The minimum Gasteiger partial charge on any atom is -0.331 e. The molecule has 20 heavy (non-hydrogen) atoms. The predicted molar refractivity (Wildman–Crippen MR) is 80.0 cm³/mol. The molecule has 2 aromatic rings. The van der Waals surface area contributed by atoms with Gasteiger partial charge in [-0.2, -0.15) is 5.10 Å². The Bertz CT molecular complexity index is 643. The highest BCUT2D eigenvalue weighted by atomic mass is 32.1. The Balaban J connectivity index is 1.94. The van der Waals surface area contributed by atoms with E-state index in [1.807, 2.05) is 18.9 Å². The van der Waals surface area contributed by atoms with Crippen LogP contribution in [0.4, 0.5) is 0 Å². The standard InChI is InChI=1S/C15H19N3OS/c1-4-13-11-6-8-20-14(11)5-7-18(13)15(19)12-9-16-17(3)10(12)2/h6,8-9,13H,4-5,7H2,1-3H3. The zero-order chi connectivity index (χ0) is 14.3. The van der Waals surface area contributed by atoms with E-state index in [4.69, 9.17) is 0 Å². The van der Waals surface area contributed by atoms with Crippen LogP contribution in [0, 0.1) is 6.92 Å². The van der Waals surface area contributed by atoms with Crippen LogP contribution in [0.5, 0.6) is 0 Å². The molecule has 0 radical (unpaired) electrons. The van der Waals surface area contributed by atoms with Gasteiger partial charge in [0.1, 0.15) is 0 Å². The minimum atomic E-state index is 0.110. The summed E-state index contributed by atoms with van der Waals surface area (Å²) in [5.41, 5.74) is 2.99. The summed E-state index contributed by atoms with van der Waals surface area (Å²) in [6.45, 7) is 4.90. The van der Waals surface area contributed by atoms with E-state index >= 15 is 0 Å². The molecule has 0 aromatic carbocycles. The molecule has 1 aliphatic rings. The summed E-state index contributed by atoms with van der Waals surface area (Å²) >= 11 is 1.81. The number of hydrogen-bond donors (Lipinski definition) is 0. The lowest BCUT2D eigenvalue weighted by Gasteiger charge is -2.35. The smallest absolute Gasteiger partial charge is 0.257 e. The van der Waals surface area contributed by atoms with Crippen LogP contribution in [0.1, 0.15) is 45.9 Å². The normalized spacial score (nSPS) is 18.1. The molecule has 106 valence electrons. The number of nitrogens with zero attached hydrogens (tertiary/aromatic N) is 3. The van der Waals surface area contributed by atoms with E-state index in [9.17, 15) is 4.79 Å². The molecular weight excluding hydrogens is 270 g/mol. The fraction of sp³-hybridized carbons (Fsp3) is 0.467. The number of hydrogen-bond acceptors (Lipinski definition) is 3. The van der Waals surface area contributed by atoms with E-state index in [0.717, 1.165) is 30.6 Å². The van der Waals surface area contributed by atoms with E-state index in [1.54, 1.807) is 22.2 Å². The van der Waals surface area contributed by atoms with Crippen molar-refractivity contribution >= 4 is 17.2 Å². The molecule has 0 fully saturated rings. The lowest BCUT2D eigenvalue weighted by Crippen LogP contribution is -2.39. The van der Waals surface area contributed by atoms with Gasteiger partial charge < -0.3 is 4.90 Å². The third kappa shape index (κ3) is 1.97. The highest BCUT2D eigenvalue weighted by Crippen LogP contribution is 2.36. The van der Waals surface area contributed by atoms with Crippen LogP contribution in [-0.2, 0) is 13.5 Å². The molecule has 0 N–H and O–H groups in total. The number of amides is 1. The maximum Gasteiger partial charge on any atom is 0.257 e. The molecule has 2 aromatic heterocycles. The van der Waals surface area contributed by atoms with Crippen molar-refractivity contribution in [1.82, 2.24) is 14.7 Å². The summed E-state index contributed by atoms with van der Waals surface area (Å²) in [6.07, 6.45) is 3.61. The molecule has 0 aliphatic carbocycles. The second-order valence-electron chi connectivity index (χ2n) is 5.24. The van der Waals surface area contributed by atoms with Gasteiger partial charge in [-0.05, 0) is 36.8 Å². The van der Waals surface area contributed by atoms with Crippen molar-refractivity contribution in [2.24, 2.45) is 7.05 Å². The van der Waals surface area contributed by atoms with Gasteiger partial charge in [0.2, 0.25) is 0 Å². The van der Waals surface area contributed by atoms with Gasteiger partial charge in [-0.1, -0.05) is 6.92 Å². The Hall–Kier alpha value is -1.62. The predicted octanol–water partition coefficient (Wildman–Crippen LogP) is 2.94. The number of rotatable bonds is 2. The van der Waals surface area contributed by atoms with Crippen molar-refractivity contribution in [1.29, 1.82) is 0 Å². The van der Waals surface area contributed by atoms with E-state index in [1.165, 1.54) is 10.4 Å². The fourth-order valence-corrected chi connectivity index (χ4v) is 3.87. The summed E-state index contributed by atoms with van der Waals surface area (Å²) in [6, 6.07) is 2.38. The monoisotopic (exact) mass is 289 g/mol. The van der Waals surface area contributed by atoms with Crippen LogP contribution < -0.4 is 0 Å². The number of carbonyl (C=O) groups excluding carboxylic acids is 1. The first-order chi connectivity index (χ1) is 9.63. The number of carbonyl (C=O) groups is 1. The maximum absolute atomic E-state index is 12.8. The number of aromatic nitrogens is 2. The Labute approximate surface area is 123 Å². The summed E-state index contributed by atoms with van der Waals surface area (Å²) in [5.74, 6) is 0.110. The van der Waals surface area contributed by atoms with Gasteiger partial charge in [0.15, 0.2) is 0 Å². The SMILES string of the molecule is CCC1c2ccsc2CCN1C(=O)c1cnn(C)c1C. The minimum absolute atomic E-state index is 0.110. The van der Waals surface area contributed by atoms with Crippen LogP contribution in [-0.4, -0.2) is 27.1 Å². The highest BCUT2D eigenvalue weighted by Gasteiger charge is 2.32. The highest BCUT2D eigenvalue weighted by molar-refractivity contribution is 7.10. The Morgan fingerprint density at radius 3 is 3.00 bits per heavy atom. The van der Waals surface area contributed by atoms with Gasteiger partial charge in [0.05, 0.1) is 17.8 Å². The summed E-state index contributed by atoms with van der Waals surface area (Å²) in [7, 11) is 1.87. The largest absolute Gasteiger partial charge is 0.331 e. The molecule has 0 saturated heterocycles. The van der Waals surface area contributed by atoms with Crippen molar-refractivity contribution in [3.63, 3.8) is 0 Å². The molecule has 3 rings (SSSR count). The molecule has 1 aliphatic heterocycles. The van der Waals surface area contributed by atoms with E-state index in [2.05, 4.69) is 23.5 Å². The molecule has 4 nitrogen and oxygen atoms in total. The summed E-state index contributed by atoms with van der Waals surface area (Å²) < 4.78 is 1.76. The van der Waals surface area contributed by atoms with Crippen LogP contribution in [0.15, 0.2) is 17.6 Å². The van der Waals surface area contributed by atoms with Crippen molar-refractivity contribution < 1.29 is 4.79 Å². The van der Waals surface area contributed by atoms with Crippen molar-refractivity contribution in [3.05, 3.63) is 39.3 Å². The van der Waals surface area contributed by atoms with Gasteiger partial charge in [-0.15, -0.1) is 11.3 Å². The molecule has 0 spiro atoms. The second-order valence-corrected chi connectivity index (χ2v) is 6.24. The summed E-state index contributed by atoms with van der Waals surface area (Å²) in [4.78, 5) is 16.3. The summed E-state index contributed by atoms with van der Waals surface area (Å²) in [5, 5.41) is 6.32. The van der Waals surface area contributed by atoms with E-state index < -0.39 is 0 Å². The Morgan fingerprint density at radius 1 is 1.55 bits per heavy atom.